The number of likely N-dealkylation sites (tertiary alicyclic amines) is 3. The van der Waals surface area contributed by atoms with Gasteiger partial charge in [0.1, 0.15) is 11.3 Å². The highest BCUT2D eigenvalue weighted by Gasteiger charge is 2.52. The Morgan fingerprint density at radius 3 is 1.19 bits per heavy atom. The second-order valence-electron chi connectivity index (χ2n) is 26.4. The molecular formula is C75H80BBr2N9O8. The monoisotopic (exact) mass is 1400 g/mol. The minimum atomic E-state index is -0.615. The molecule has 1 N–H and O–H groups in total. The molecule has 9 aromatic rings. The van der Waals surface area contributed by atoms with Gasteiger partial charge in [0.25, 0.3) is 17.7 Å². The zero-order valence-corrected chi connectivity index (χ0v) is 58.5. The van der Waals surface area contributed by atoms with E-state index in [0.717, 1.165) is 104 Å². The van der Waals surface area contributed by atoms with E-state index < -0.39 is 12.7 Å². The summed E-state index contributed by atoms with van der Waals surface area (Å²) in [5, 5.41) is 27.9. The number of rotatable bonds is 9. The van der Waals surface area contributed by atoms with Gasteiger partial charge < -0.3 is 43.0 Å². The molecule has 4 fully saturated rings. The molecule has 13 rings (SSSR count). The Morgan fingerprint density at radius 2 is 0.811 bits per heavy atom. The number of halogens is 2. The summed E-state index contributed by atoms with van der Waals surface area (Å²) >= 11 is 6.72. The van der Waals surface area contributed by atoms with Gasteiger partial charge in [0.05, 0.1) is 75.1 Å². The number of carbonyl (C=O) groups is 3. The summed E-state index contributed by atoms with van der Waals surface area (Å²) < 4.78 is 29.4. The largest absolute Gasteiger partial charge is 0.496 e. The predicted molar refractivity (Wildman–Crippen MR) is 377 cm³/mol. The van der Waals surface area contributed by atoms with Crippen LogP contribution >= 0.6 is 31.9 Å². The first kappa shape index (κ1) is 69.5. The van der Waals surface area contributed by atoms with Crippen molar-refractivity contribution in [2.75, 3.05) is 53.5 Å². The third kappa shape index (κ3) is 16.5. The van der Waals surface area contributed by atoms with E-state index in [0.29, 0.717) is 61.3 Å². The third-order valence-electron chi connectivity index (χ3n) is 19.2. The molecule has 0 atom stereocenters. The smallest absolute Gasteiger partial charge is 0.399 e. The average Bonchev–Trinajstić information content (AvgIpc) is 1.71. The molecule has 0 unspecified atom stereocenters. The summed E-state index contributed by atoms with van der Waals surface area (Å²) in [5.41, 5.74) is 10.5. The zero-order valence-electron chi connectivity index (χ0n) is 55.3. The Hall–Kier alpha value is -8.31. The van der Waals surface area contributed by atoms with Crippen LogP contribution in [0.25, 0.3) is 44.9 Å². The van der Waals surface area contributed by atoms with E-state index in [4.69, 9.17) is 29.3 Å². The summed E-state index contributed by atoms with van der Waals surface area (Å²) in [6.07, 6.45) is 12.5. The molecule has 0 aliphatic carbocycles. The van der Waals surface area contributed by atoms with Gasteiger partial charge in [-0.05, 0) is 207 Å². The van der Waals surface area contributed by atoms with Crippen molar-refractivity contribution in [1.82, 2.24) is 33.5 Å². The number of amides is 3. The molecule has 17 nitrogen and oxygen atoms in total. The van der Waals surface area contributed by atoms with Crippen molar-refractivity contribution in [3.8, 4) is 45.8 Å². The Labute approximate surface area is 573 Å². The highest BCUT2D eigenvalue weighted by molar-refractivity contribution is 9.10. The highest BCUT2D eigenvalue weighted by Crippen LogP contribution is 2.37. The topological polar surface area (TPSA) is 200 Å². The Kier molecular flexibility index (Phi) is 21.5. The number of aliphatic hydroxyl groups is 1. The van der Waals surface area contributed by atoms with Crippen LogP contribution in [0.2, 0.25) is 0 Å². The fourth-order valence-corrected chi connectivity index (χ4v) is 12.2. The molecule has 4 aliphatic rings. The molecule has 0 radical (unpaired) electrons. The molecule has 4 aromatic heterocycles. The Bertz CT molecular complexity index is 4230. The first-order chi connectivity index (χ1) is 45.3. The van der Waals surface area contributed by atoms with Crippen molar-refractivity contribution in [1.29, 1.82) is 10.5 Å². The second-order valence-corrected chi connectivity index (χ2v) is 28.2. The van der Waals surface area contributed by atoms with Gasteiger partial charge in [-0.3, -0.25) is 18.8 Å². The van der Waals surface area contributed by atoms with Crippen LogP contribution in [0.5, 0.6) is 0 Å². The number of nitriles is 2. The Morgan fingerprint density at radius 1 is 0.474 bits per heavy atom. The normalized spacial score (nSPS) is 17.4. The molecule has 8 heterocycles. The van der Waals surface area contributed by atoms with Crippen molar-refractivity contribution in [2.24, 2.45) is 0 Å². The van der Waals surface area contributed by atoms with Crippen LogP contribution in [0.3, 0.4) is 0 Å². The summed E-state index contributed by atoms with van der Waals surface area (Å²) in [6, 6.07) is 50.0. The number of aromatic nitrogens is 4. The van der Waals surface area contributed by atoms with E-state index in [9.17, 15) is 19.5 Å². The number of nitrogens with zero attached hydrogens (tertiary/aromatic N) is 9. The second kappa shape index (κ2) is 29.4. The fraction of sp³-hybridized carbons (Fsp3) is 0.347. The van der Waals surface area contributed by atoms with Crippen molar-refractivity contribution >= 4 is 73.5 Å². The quantitative estimate of drug-likeness (QED) is 0.134. The maximum Gasteiger partial charge on any atom is 0.496 e. The maximum absolute atomic E-state index is 13.0. The van der Waals surface area contributed by atoms with Gasteiger partial charge in [-0.1, -0.05) is 74.3 Å². The van der Waals surface area contributed by atoms with E-state index in [2.05, 4.69) is 78.4 Å². The lowest BCUT2D eigenvalue weighted by Crippen LogP contribution is -2.46. The van der Waals surface area contributed by atoms with Crippen LogP contribution in [0.15, 0.2) is 179 Å². The van der Waals surface area contributed by atoms with Gasteiger partial charge in [-0.2, -0.15) is 10.5 Å². The number of methoxy groups -OCH3 is 2. The molecule has 0 saturated carbocycles. The van der Waals surface area contributed by atoms with E-state index in [1.54, 1.807) is 19.1 Å². The number of imidazole rings is 2. The van der Waals surface area contributed by atoms with Gasteiger partial charge in [-0.15, -0.1) is 0 Å². The lowest BCUT2D eigenvalue weighted by Gasteiger charge is -2.38. The van der Waals surface area contributed by atoms with Gasteiger partial charge in [0.15, 0.2) is 0 Å². The van der Waals surface area contributed by atoms with E-state index >= 15 is 0 Å². The number of hydrogen-bond acceptors (Lipinski definition) is 12. The zero-order chi connectivity index (χ0) is 67.9. The minimum Gasteiger partial charge on any atom is -0.399 e. The minimum absolute atomic E-state index is 0.0491. The van der Waals surface area contributed by atoms with Crippen LogP contribution in [0, 0.1) is 22.7 Å². The number of fused-ring (bicyclic) bond motifs is 2. The fourth-order valence-electron chi connectivity index (χ4n) is 11.6. The van der Waals surface area contributed by atoms with Crippen molar-refractivity contribution in [2.45, 2.75) is 115 Å². The van der Waals surface area contributed by atoms with Crippen LogP contribution in [-0.4, -0.2) is 145 Å². The molecule has 0 bridgehead atoms. The van der Waals surface area contributed by atoms with Crippen LogP contribution < -0.4 is 5.46 Å². The standard InChI is InChI=1S/C28H26N4O2.C20H20BN3O2.C14H18BrNO2.C13H16BrNO2/c1-28(34-2)13-15-31(16-14-28)27(33)23-9-7-21(8-10-23)24-11-12-26-30-18-25(32(26)19-24)22-5-3-20(17-29)4-6-22;1-19(2)20(3,4)26-21(25-19)16-9-10-18-23-12-17(24(18)13-16)15-7-5-14(11-22)6-8-15;1-14(18-2)7-9-16(10-8-14)13(17)11-3-5-12(15)6-4-11;1-13(17)6-8-15(9-7-13)12(16)10-2-4-11(14)5-3-10/h3-12,18-19H,13-16H2,1-2H3;5-10,12-13H,1-4H3;3-6H,7-10H2,1-2H3;2-5,17H,6-9H2,1H3. The number of pyridine rings is 2. The number of benzene rings is 5. The molecule has 490 valence electrons. The van der Waals surface area contributed by atoms with Crippen molar-refractivity contribution in [3.63, 3.8) is 0 Å². The molecule has 3 amide bonds. The van der Waals surface area contributed by atoms with Gasteiger partial charge in [0, 0.05) is 103 Å². The van der Waals surface area contributed by atoms with E-state index in [-0.39, 0.29) is 40.1 Å². The van der Waals surface area contributed by atoms with Crippen LogP contribution in [0.1, 0.15) is 129 Å². The lowest BCUT2D eigenvalue weighted by molar-refractivity contribution is -0.0384. The van der Waals surface area contributed by atoms with Crippen molar-refractivity contribution < 1.29 is 38.3 Å². The number of piperidine rings is 3. The van der Waals surface area contributed by atoms with Crippen LogP contribution in [0.4, 0.5) is 0 Å². The lowest BCUT2D eigenvalue weighted by atomic mass is 9.80. The van der Waals surface area contributed by atoms with Gasteiger partial charge in [-0.25, -0.2) is 9.97 Å². The summed E-state index contributed by atoms with van der Waals surface area (Å²) in [4.78, 5) is 52.0. The van der Waals surface area contributed by atoms with Crippen molar-refractivity contribution in [3.05, 3.63) is 207 Å². The van der Waals surface area contributed by atoms with E-state index in [1.807, 2.05) is 213 Å². The number of hydrogen-bond donors (Lipinski definition) is 1. The Balaban J connectivity index is 0.000000144. The first-order valence-electron chi connectivity index (χ1n) is 32.0. The number of ether oxygens (including phenoxy) is 2. The molecule has 5 aromatic carbocycles. The first-order valence-corrected chi connectivity index (χ1v) is 33.5. The molecule has 95 heavy (non-hydrogen) atoms. The van der Waals surface area contributed by atoms with Gasteiger partial charge >= 0.3 is 7.12 Å². The molecule has 0 spiro atoms. The van der Waals surface area contributed by atoms with Gasteiger partial charge in [0.2, 0.25) is 0 Å². The molecular weight excluding hydrogens is 1330 g/mol. The predicted octanol–water partition coefficient (Wildman–Crippen LogP) is 13.9. The molecule has 4 saturated heterocycles. The van der Waals surface area contributed by atoms with E-state index in [1.165, 1.54) is 0 Å². The molecule has 20 heteroatoms. The number of carbonyl (C=O) groups excluding carboxylic acids is 3. The van der Waals surface area contributed by atoms with Crippen LogP contribution in [-0.2, 0) is 18.8 Å². The summed E-state index contributed by atoms with van der Waals surface area (Å²) in [6.45, 7) is 18.4. The third-order valence-corrected chi connectivity index (χ3v) is 20.2. The maximum atomic E-state index is 13.0. The highest BCUT2D eigenvalue weighted by atomic mass is 79.9. The average molecular weight is 1410 g/mol. The summed E-state index contributed by atoms with van der Waals surface area (Å²) in [7, 11) is 3.07. The summed E-state index contributed by atoms with van der Waals surface area (Å²) in [5.74, 6) is 0.228. The SMILES string of the molecule is CC1(C)OB(c2ccc3ncc(-c4ccc(C#N)cc4)n3c2)OC1(C)C.CC1(O)CCN(C(=O)c2ccc(Br)cc2)CC1.COC1(C)CCN(C(=O)c2ccc(-c3ccc4ncc(-c5ccc(C#N)cc5)n4c3)cc2)CC1.COC1(C)CCN(C(=O)c2ccc(Br)cc2)CC1. The molecule has 4 aliphatic heterocycles.